The second-order valence-electron chi connectivity index (χ2n) is 24.1. The Morgan fingerprint density at radius 1 is 0.490 bits per heavy atom. The third-order valence-electron chi connectivity index (χ3n) is 15.8. The Balaban J connectivity index is 2.31. The number of unbranched alkanes of at least 4 members (excludes halogenated alkanes) is 4. The second kappa shape index (κ2) is 48.7. The van der Waals surface area contributed by atoms with Gasteiger partial charge < -0.3 is 121 Å². The number of carbonyl (C=O) groups is 13. The number of likely N-dealkylation sites (tertiary alicyclic amines) is 1. The van der Waals surface area contributed by atoms with Crippen molar-refractivity contribution < 1.29 is 67.4 Å². The summed E-state index contributed by atoms with van der Waals surface area (Å²) >= 11 is 0. The van der Waals surface area contributed by atoms with Gasteiger partial charge in [0.25, 0.3) is 0 Å². The summed E-state index contributed by atoms with van der Waals surface area (Å²) in [5.41, 5.74) is 56.4. The number of carboxylic acids is 1. The minimum absolute atomic E-state index is 0.00317. The smallest absolute Gasteiger partial charge is 0.303 e. The Kier molecular flexibility index (Phi) is 41.9. The van der Waals surface area contributed by atoms with Crippen LogP contribution in [0.1, 0.15) is 141 Å². The van der Waals surface area contributed by atoms with Crippen LogP contribution >= 0.6 is 0 Å². The summed E-state index contributed by atoms with van der Waals surface area (Å²) in [6.07, 6.45) is 3.75. The molecule has 9 atom stereocenters. The van der Waals surface area contributed by atoms with Gasteiger partial charge in [0.1, 0.15) is 48.3 Å². The predicted molar refractivity (Wildman–Crippen MR) is 371 cm³/mol. The van der Waals surface area contributed by atoms with E-state index in [1.54, 1.807) is 30.3 Å². The number of benzene rings is 1. The Morgan fingerprint density at radius 2 is 0.950 bits per heavy atom. The van der Waals surface area contributed by atoms with E-state index < -0.39 is 157 Å². The number of hydrogen-bond acceptors (Lipinski definition) is 19. The van der Waals surface area contributed by atoms with Crippen molar-refractivity contribution in [1.82, 2.24) is 58.1 Å². The zero-order valence-corrected chi connectivity index (χ0v) is 57.1. The molecule has 1 aromatic rings. The molecule has 2 rings (SSSR count). The van der Waals surface area contributed by atoms with Crippen molar-refractivity contribution in [3.8, 4) is 0 Å². The van der Waals surface area contributed by atoms with Gasteiger partial charge in [-0.2, -0.15) is 0 Å². The molecular weight excluding hydrogens is 1300 g/mol. The van der Waals surface area contributed by atoms with Gasteiger partial charge in [-0.1, -0.05) is 43.2 Å². The molecule has 1 aromatic carbocycles. The Hall–Kier alpha value is -9.98. The number of carboxylic acid groups (broad SMARTS) is 1. The van der Waals surface area contributed by atoms with Gasteiger partial charge in [0.2, 0.25) is 70.9 Å². The van der Waals surface area contributed by atoms with Gasteiger partial charge in [-0.25, -0.2) is 0 Å². The fourth-order valence-electron chi connectivity index (χ4n) is 10.4. The SMILES string of the molecule is C[C@H](NC(=O)[C@H](CCCN=C(N)N)NC(=O)CNC(=O)[C@@H]1CCCN1C(=O)CNC(=O)[C@H](CCCN=C(N)N)NC(=O)[C@H](CCC(N)=O)NC(=O)[C@H](CCCCN)NC(=O)[C@H](CCCN=C(N)N)NC(=O)[C@H](CCCCN)NCCCCCC(=O)O)C(=O)N[C@@H](Cc1ccccc1)C(N)=O. The van der Waals surface area contributed by atoms with Crippen LogP contribution in [0.15, 0.2) is 45.3 Å². The fourth-order valence-corrected chi connectivity index (χ4v) is 10.4. The van der Waals surface area contributed by atoms with Gasteiger partial charge in [0.15, 0.2) is 17.9 Å². The van der Waals surface area contributed by atoms with Crippen molar-refractivity contribution in [2.75, 3.05) is 58.9 Å². The zero-order valence-electron chi connectivity index (χ0n) is 57.1. The molecule has 0 spiro atoms. The monoisotopic (exact) mass is 1410 g/mol. The molecule has 1 heterocycles. The number of nitrogens with zero attached hydrogens (tertiary/aromatic N) is 4. The highest BCUT2D eigenvalue weighted by atomic mass is 16.4. The summed E-state index contributed by atoms with van der Waals surface area (Å²) in [6.45, 7) is 1.11. The van der Waals surface area contributed by atoms with Crippen LogP contribution in [-0.4, -0.2) is 218 Å². The maximum Gasteiger partial charge on any atom is 0.303 e. The van der Waals surface area contributed by atoms with Crippen LogP contribution < -0.4 is 111 Å². The Morgan fingerprint density at radius 3 is 1.44 bits per heavy atom. The third kappa shape index (κ3) is 36.6. The lowest BCUT2D eigenvalue weighted by Crippen LogP contribution is -2.59. The van der Waals surface area contributed by atoms with E-state index in [1.165, 1.54) is 11.8 Å². The lowest BCUT2D eigenvalue weighted by Gasteiger charge is -2.27. The molecule has 31 N–H and O–H groups in total. The van der Waals surface area contributed by atoms with Crippen molar-refractivity contribution in [2.45, 2.75) is 196 Å². The summed E-state index contributed by atoms with van der Waals surface area (Å²) < 4.78 is 0. The zero-order chi connectivity index (χ0) is 74.5. The molecule has 38 heteroatoms. The van der Waals surface area contributed by atoms with Crippen molar-refractivity contribution in [1.29, 1.82) is 0 Å². The minimum Gasteiger partial charge on any atom is -0.481 e. The molecule has 0 aromatic heterocycles. The standard InChI is InChI=1S/C62H108N24O14/c1-37(52(93)85-45(51(66)92)34-38-16-4-2-5-17-38)79-55(96)41(21-13-31-75-61(69)70)80-48(88)35-77-59(100)46-23-15-33-86(46)49(89)36-78-53(94)40(20-12-30-74-60(67)68)81-58(99)44(25-26-47(65)87)84-56(97)42(19-8-10-28-64)83-57(98)43(22-14-32-76-62(71)72)82-54(95)39(18-7-9-27-63)73-29-11-3-6-24-50(90)91/h2,4-5,16-17,37,39-46,73H,3,6-15,18-36,63-64H2,1H3,(H2,65,87)(H2,66,92)(H,77,100)(H,78,94)(H,79,96)(H,80,88)(H,81,99)(H,82,95)(H,83,98)(H,84,97)(H,85,93)(H,90,91)(H4,67,68,74)(H4,69,70,75)(H4,71,72,76)/t37-,39-,40-,41-,42-,43-,44-,45-,46-/m0/s1. The second-order valence-corrected chi connectivity index (χ2v) is 24.1. The molecule has 100 heavy (non-hydrogen) atoms. The van der Waals surface area contributed by atoms with Gasteiger partial charge >= 0.3 is 5.97 Å². The number of aliphatic carboxylic acids is 1. The molecule has 0 radical (unpaired) electrons. The maximum atomic E-state index is 14.4. The van der Waals surface area contributed by atoms with Crippen LogP contribution in [0.25, 0.3) is 0 Å². The third-order valence-corrected chi connectivity index (χ3v) is 15.8. The lowest BCUT2D eigenvalue weighted by molar-refractivity contribution is -0.139. The molecular formula is C62H108N24O14. The van der Waals surface area contributed by atoms with Gasteiger partial charge in [-0.15, -0.1) is 0 Å². The topological polar surface area (TPSA) is 663 Å². The van der Waals surface area contributed by atoms with Gasteiger partial charge in [-0.05, 0) is 135 Å². The highest BCUT2D eigenvalue weighted by Crippen LogP contribution is 2.18. The molecule has 38 nitrogen and oxygen atoms in total. The van der Waals surface area contributed by atoms with E-state index in [4.69, 9.17) is 62.4 Å². The van der Waals surface area contributed by atoms with Crippen molar-refractivity contribution in [2.24, 2.45) is 72.3 Å². The predicted octanol–water partition coefficient (Wildman–Crippen LogP) is -7.36. The Labute approximate surface area is 581 Å². The molecule has 0 bridgehead atoms. The van der Waals surface area contributed by atoms with E-state index in [2.05, 4.69) is 68.1 Å². The van der Waals surface area contributed by atoms with Gasteiger partial charge in [-0.3, -0.25) is 77.3 Å². The number of rotatable bonds is 52. The first-order valence-corrected chi connectivity index (χ1v) is 33.7. The van der Waals surface area contributed by atoms with E-state index in [-0.39, 0.29) is 115 Å². The van der Waals surface area contributed by atoms with Crippen LogP contribution in [0.5, 0.6) is 0 Å². The molecule has 0 unspecified atom stereocenters. The highest BCUT2D eigenvalue weighted by Gasteiger charge is 2.37. The van der Waals surface area contributed by atoms with Crippen molar-refractivity contribution in [3.63, 3.8) is 0 Å². The summed E-state index contributed by atoms with van der Waals surface area (Å²) in [5, 5.41) is 35.4. The largest absolute Gasteiger partial charge is 0.481 e. The number of primary amides is 2. The first kappa shape index (κ1) is 86.1. The maximum absolute atomic E-state index is 14.4. The fraction of sp³-hybridized carbons (Fsp3) is 0.645. The van der Waals surface area contributed by atoms with Crippen LogP contribution in [0.2, 0.25) is 0 Å². The molecule has 12 amide bonds. The first-order valence-electron chi connectivity index (χ1n) is 33.7. The normalized spacial score (nSPS) is 14.8. The molecule has 1 aliphatic rings. The quantitative estimate of drug-likeness (QED) is 0.0164. The molecule has 1 fully saturated rings. The number of aliphatic imine (C=N–C) groups is 3. The average Bonchev–Trinajstić information content (AvgIpc) is 1.80. The Bertz CT molecular complexity index is 2910. The summed E-state index contributed by atoms with van der Waals surface area (Å²) in [7, 11) is 0. The van der Waals surface area contributed by atoms with Crippen molar-refractivity contribution >= 4 is 94.7 Å². The number of nitrogens with one attached hydrogen (secondary N) is 10. The summed E-state index contributed by atoms with van der Waals surface area (Å²) in [5.74, 6) is -11.3. The van der Waals surface area contributed by atoms with Crippen LogP contribution in [-0.2, 0) is 68.7 Å². The molecule has 0 aliphatic carbocycles. The highest BCUT2D eigenvalue weighted by molar-refractivity contribution is 5.98. The van der Waals surface area contributed by atoms with E-state index in [0.717, 1.165) is 0 Å². The number of guanidine groups is 3. The number of hydrogen-bond donors (Lipinski definition) is 21. The van der Waals surface area contributed by atoms with Gasteiger partial charge in [0, 0.05) is 45.4 Å². The number of nitrogens with two attached hydrogens (primary N) is 10. The lowest BCUT2D eigenvalue weighted by atomic mass is 10.0. The molecule has 1 saturated heterocycles. The van der Waals surface area contributed by atoms with Crippen LogP contribution in [0.4, 0.5) is 0 Å². The summed E-state index contributed by atoms with van der Waals surface area (Å²) in [6, 6.07) is -2.43. The van der Waals surface area contributed by atoms with E-state index >= 15 is 0 Å². The number of carbonyl (C=O) groups excluding carboxylic acids is 12. The van der Waals surface area contributed by atoms with Crippen LogP contribution in [0, 0.1) is 0 Å². The summed E-state index contributed by atoms with van der Waals surface area (Å²) in [4.78, 5) is 187. The molecule has 1 aliphatic heterocycles. The first-order chi connectivity index (χ1) is 47.6. The number of amides is 12. The van der Waals surface area contributed by atoms with Gasteiger partial charge in [0.05, 0.1) is 19.1 Å². The minimum atomic E-state index is -1.58. The average molecular weight is 1410 g/mol. The van der Waals surface area contributed by atoms with E-state index in [1.807, 2.05) is 0 Å². The van der Waals surface area contributed by atoms with E-state index in [9.17, 15) is 62.3 Å². The van der Waals surface area contributed by atoms with E-state index in [0.29, 0.717) is 76.4 Å². The van der Waals surface area contributed by atoms with Crippen molar-refractivity contribution in [3.05, 3.63) is 35.9 Å². The van der Waals surface area contributed by atoms with Crippen LogP contribution in [0.3, 0.4) is 0 Å². The molecule has 0 saturated carbocycles. The molecule has 560 valence electrons.